The maximum absolute atomic E-state index is 11.4. The molecule has 72 valence electrons. The summed E-state index contributed by atoms with van der Waals surface area (Å²) in [5.74, 6) is 0. The van der Waals surface area contributed by atoms with Gasteiger partial charge in [-0.15, -0.1) is 0 Å². The summed E-state index contributed by atoms with van der Waals surface area (Å²) in [4.78, 5) is 16.6. The molecule has 13 heavy (non-hydrogen) atoms. The molecule has 1 aliphatic heterocycles. The van der Waals surface area contributed by atoms with E-state index in [1.54, 1.807) is 4.90 Å². The van der Waals surface area contributed by atoms with Crippen molar-refractivity contribution in [2.24, 2.45) is 0 Å². The number of hydrogen-bond donors (Lipinski definition) is 1. The molecule has 0 aromatic carbocycles. The molecule has 1 aliphatic rings. The lowest BCUT2D eigenvalue weighted by Gasteiger charge is -2.17. The minimum absolute atomic E-state index is 0.0120. The molecular formula is C9H15N3O. The van der Waals surface area contributed by atoms with Crippen LogP contribution in [0.2, 0.25) is 0 Å². The van der Waals surface area contributed by atoms with Crippen molar-refractivity contribution in [2.45, 2.75) is 32.4 Å². The lowest BCUT2D eigenvalue weighted by molar-refractivity contribution is 0.206. The Kier molecular flexibility index (Phi) is 3.13. The van der Waals surface area contributed by atoms with Crippen LogP contribution in [0.25, 0.3) is 4.85 Å². The van der Waals surface area contributed by atoms with Gasteiger partial charge in [0.15, 0.2) is 0 Å². The van der Waals surface area contributed by atoms with E-state index < -0.39 is 0 Å². The molecule has 1 atom stereocenters. The first-order chi connectivity index (χ1) is 6.13. The molecular weight excluding hydrogens is 166 g/mol. The molecule has 4 heteroatoms. The van der Waals surface area contributed by atoms with Gasteiger partial charge in [0.05, 0.1) is 6.54 Å². The average molecular weight is 181 g/mol. The van der Waals surface area contributed by atoms with Crippen molar-refractivity contribution in [3.63, 3.8) is 0 Å². The van der Waals surface area contributed by atoms with Gasteiger partial charge in [-0.2, -0.15) is 0 Å². The Bertz CT molecular complexity index is 232. The summed E-state index contributed by atoms with van der Waals surface area (Å²) < 4.78 is 0. The second-order valence-electron chi connectivity index (χ2n) is 3.62. The van der Waals surface area contributed by atoms with Crippen LogP contribution in [0, 0.1) is 6.57 Å². The highest BCUT2D eigenvalue weighted by atomic mass is 16.2. The van der Waals surface area contributed by atoms with Crippen molar-refractivity contribution in [2.75, 3.05) is 13.1 Å². The van der Waals surface area contributed by atoms with Gasteiger partial charge in [0.2, 0.25) is 6.04 Å². The third kappa shape index (κ3) is 2.62. The third-order valence-electron chi connectivity index (χ3n) is 2.05. The highest BCUT2D eigenvalue weighted by molar-refractivity contribution is 5.74. The number of likely N-dealkylation sites (tertiary alicyclic amines) is 1. The van der Waals surface area contributed by atoms with E-state index in [1.807, 2.05) is 13.8 Å². The number of carbonyl (C=O) groups excluding carboxylic acids is 1. The van der Waals surface area contributed by atoms with Gasteiger partial charge in [0.25, 0.3) is 0 Å². The molecule has 2 amide bonds. The molecule has 4 nitrogen and oxygen atoms in total. The smallest absolute Gasteiger partial charge is 0.317 e. The van der Waals surface area contributed by atoms with Crippen LogP contribution in [0.1, 0.15) is 20.3 Å². The highest BCUT2D eigenvalue weighted by Gasteiger charge is 2.29. The van der Waals surface area contributed by atoms with E-state index in [4.69, 9.17) is 6.57 Å². The summed E-state index contributed by atoms with van der Waals surface area (Å²) in [6.45, 7) is 12.0. The van der Waals surface area contributed by atoms with Gasteiger partial charge in [-0.1, -0.05) is 0 Å². The summed E-state index contributed by atoms with van der Waals surface area (Å²) >= 11 is 0. The molecule has 0 radical (unpaired) electrons. The quantitative estimate of drug-likeness (QED) is 0.604. The molecule has 1 fully saturated rings. The number of amides is 2. The van der Waals surface area contributed by atoms with Crippen molar-refractivity contribution in [1.82, 2.24) is 10.2 Å². The fourth-order valence-corrected chi connectivity index (χ4v) is 1.37. The average Bonchev–Trinajstić information content (AvgIpc) is 2.50. The van der Waals surface area contributed by atoms with Crippen LogP contribution in [0.4, 0.5) is 4.79 Å². The van der Waals surface area contributed by atoms with E-state index in [9.17, 15) is 4.79 Å². The van der Waals surface area contributed by atoms with Crippen LogP contribution in [-0.2, 0) is 0 Å². The Balaban J connectivity index is 2.38. The maximum Gasteiger partial charge on any atom is 0.317 e. The molecule has 0 bridgehead atoms. The molecule has 1 rings (SSSR count). The first-order valence-electron chi connectivity index (χ1n) is 4.55. The third-order valence-corrected chi connectivity index (χ3v) is 2.05. The summed E-state index contributed by atoms with van der Waals surface area (Å²) in [7, 11) is 0. The van der Waals surface area contributed by atoms with Crippen LogP contribution in [0.15, 0.2) is 0 Å². The Morgan fingerprint density at radius 1 is 1.69 bits per heavy atom. The highest BCUT2D eigenvalue weighted by Crippen LogP contribution is 2.12. The van der Waals surface area contributed by atoms with E-state index >= 15 is 0 Å². The first-order valence-corrected chi connectivity index (χ1v) is 4.55. The lowest BCUT2D eigenvalue weighted by atomic mass is 10.3. The standard InChI is InChI=1S/C9H15N3O/c1-7(2)11-9(13)12-5-4-8(6-12)10-3/h7-8H,4-6H2,1-2H3,(H,11,13). The molecule has 0 spiro atoms. The fourth-order valence-electron chi connectivity index (χ4n) is 1.37. The Hall–Kier alpha value is -1.24. The SMILES string of the molecule is [C-]#[N+]C1CCN(C(=O)NC(C)C)C1. The number of urea groups is 1. The van der Waals surface area contributed by atoms with Gasteiger partial charge in [-0.3, -0.25) is 0 Å². The molecule has 1 heterocycles. The zero-order chi connectivity index (χ0) is 9.84. The Morgan fingerprint density at radius 2 is 2.38 bits per heavy atom. The van der Waals surface area contributed by atoms with Crippen LogP contribution in [0.5, 0.6) is 0 Å². The van der Waals surface area contributed by atoms with E-state index in [-0.39, 0.29) is 18.1 Å². The Morgan fingerprint density at radius 3 is 2.85 bits per heavy atom. The zero-order valence-electron chi connectivity index (χ0n) is 8.08. The van der Waals surface area contributed by atoms with E-state index in [0.717, 1.165) is 6.42 Å². The Labute approximate surface area is 78.7 Å². The number of nitrogens with zero attached hydrogens (tertiary/aromatic N) is 2. The minimum atomic E-state index is -0.0406. The van der Waals surface area contributed by atoms with Crippen molar-refractivity contribution in [1.29, 1.82) is 0 Å². The van der Waals surface area contributed by atoms with Crippen LogP contribution >= 0.6 is 0 Å². The van der Waals surface area contributed by atoms with Gasteiger partial charge in [-0.05, 0) is 13.8 Å². The predicted molar refractivity (Wildman–Crippen MR) is 50.2 cm³/mol. The number of nitrogens with one attached hydrogen (secondary N) is 1. The minimum Gasteiger partial charge on any atom is -0.336 e. The van der Waals surface area contributed by atoms with Crippen molar-refractivity contribution >= 4 is 6.03 Å². The van der Waals surface area contributed by atoms with Crippen LogP contribution < -0.4 is 5.32 Å². The number of carbonyl (C=O) groups is 1. The zero-order valence-corrected chi connectivity index (χ0v) is 8.08. The molecule has 1 unspecified atom stereocenters. The topological polar surface area (TPSA) is 36.7 Å². The molecule has 1 N–H and O–H groups in total. The van der Waals surface area contributed by atoms with Crippen LogP contribution in [-0.4, -0.2) is 36.1 Å². The number of hydrogen-bond acceptors (Lipinski definition) is 1. The van der Waals surface area contributed by atoms with Crippen molar-refractivity contribution < 1.29 is 4.79 Å². The second kappa shape index (κ2) is 4.13. The largest absolute Gasteiger partial charge is 0.336 e. The first kappa shape index (κ1) is 9.85. The fraction of sp³-hybridized carbons (Fsp3) is 0.778. The maximum atomic E-state index is 11.4. The van der Waals surface area contributed by atoms with Crippen molar-refractivity contribution in [3.8, 4) is 0 Å². The van der Waals surface area contributed by atoms with E-state index in [0.29, 0.717) is 13.1 Å². The van der Waals surface area contributed by atoms with E-state index in [2.05, 4.69) is 10.2 Å². The van der Waals surface area contributed by atoms with Gasteiger partial charge < -0.3 is 15.1 Å². The second-order valence-corrected chi connectivity index (χ2v) is 3.62. The van der Waals surface area contributed by atoms with Gasteiger partial charge >= 0.3 is 6.03 Å². The monoisotopic (exact) mass is 181 g/mol. The van der Waals surface area contributed by atoms with Gasteiger partial charge in [0.1, 0.15) is 0 Å². The molecule has 0 aromatic heterocycles. The normalized spacial score (nSPS) is 21.7. The molecule has 0 aliphatic carbocycles. The van der Waals surface area contributed by atoms with Crippen LogP contribution in [0.3, 0.4) is 0 Å². The number of rotatable bonds is 1. The summed E-state index contributed by atoms with van der Waals surface area (Å²) in [6.07, 6.45) is 0.814. The molecule has 1 saturated heterocycles. The summed E-state index contributed by atoms with van der Waals surface area (Å²) in [6, 6.07) is 0.138. The van der Waals surface area contributed by atoms with Crippen molar-refractivity contribution in [3.05, 3.63) is 11.4 Å². The van der Waals surface area contributed by atoms with Gasteiger partial charge in [0, 0.05) is 19.0 Å². The molecule has 0 saturated carbocycles. The summed E-state index contributed by atoms with van der Waals surface area (Å²) in [5, 5.41) is 2.81. The lowest BCUT2D eigenvalue weighted by Crippen LogP contribution is -2.41. The van der Waals surface area contributed by atoms with E-state index in [1.165, 1.54) is 0 Å². The predicted octanol–water partition coefficient (Wildman–Crippen LogP) is 1.10. The molecule has 0 aromatic rings. The summed E-state index contributed by atoms with van der Waals surface area (Å²) in [5.41, 5.74) is 0. The van der Waals surface area contributed by atoms with Gasteiger partial charge in [-0.25, -0.2) is 11.4 Å².